The highest BCUT2D eigenvalue weighted by molar-refractivity contribution is 5.84. The summed E-state index contributed by atoms with van der Waals surface area (Å²) in [6.07, 6.45) is -1.34. The fraction of sp³-hybridized carbons (Fsp3) is 0.300. The first-order valence-corrected chi connectivity index (χ1v) is 8.64. The molecule has 1 amide bonds. The van der Waals surface area contributed by atoms with E-state index in [2.05, 4.69) is 5.32 Å². The van der Waals surface area contributed by atoms with Crippen LogP contribution in [0, 0.1) is 5.82 Å². The van der Waals surface area contributed by atoms with Gasteiger partial charge in [0.25, 0.3) is 5.91 Å². The molecule has 7 heteroatoms. The first-order valence-electron chi connectivity index (χ1n) is 8.64. The quantitative estimate of drug-likeness (QED) is 0.787. The van der Waals surface area contributed by atoms with Crippen LogP contribution in [-0.2, 0) is 20.7 Å². The summed E-state index contributed by atoms with van der Waals surface area (Å²) in [7, 11) is 0. The van der Waals surface area contributed by atoms with Crippen LogP contribution in [0.4, 0.5) is 4.39 Å². The van der Waals surface area contributed by atoms with Crippen LogP contribution >= 0.6 is 0 Å². The highest BCUT2D eigenvalue weighted by Crippen LogP contribution is 2.31. The Balaban J connectivity index is 1.44. The highest BCUT2D eigenvalue weighted by atomic mass is 19.1. The summed E-state index contributed by atoms with van der Waals surface area (Å²) in [4.78, 5) is 24.3. The van der Waals surface area contributed by atoms with Crippen LogP contribution in [0.15, 0.2) is 48.5 Å². The van der Waals surface area contributed by atoms with Crippen molar-refractivity contribution >= 4 is 11.9 Å². The van der Waals surface area contributed by atoms with Gasteiger partial charge in [-0.3, -0.25) is 4.79 Å². The molecule has 27 heavy (non-hydrogen) atoms. The number of carbonyl (C=O) groups excluding carboxylic acids is 2. The zero-order valence-electron chi connectivity index (χ0n) is 14.8. The number of benzene rings is 2. The SMILES string of the molecule is C[C@H](OC(=O)[C@H]1COc2ccccc2O1)C(=O)NCCc1ccc(F)cc1. The summed E-state index contributed by atoms with van der Waals surface area (Å²) in [5, 5.41) is 2.69. The van der Waals surface area contributed by atoms with E-state index in [1.165, 1.54) is 19.1 Å². The fourth-order valence-electron chi connectivity index (χ4n) is 2.56. The third kappa shape index (κ3) is 4.97. The zero-order chi connectivity index (χ0) is 19.2. The largest absolute Gasteiger partial charge is 0.485 e. The number of carbonyl (C=O) groups is 2. The summed E-state index contributed by atoms with van der Waals surface area (Å²) in [5.74, 6) is -0.358. The number of hydrogen-bond donors (Lipinski definition) is 1. The number of fused-ring (bicyclic) bond motifs is 1. The average Bonchev–Trinajstić information content (AvgIpc) is 2.69. The molecule has 1 aliphatic rings. The normalized spacial score (nSPS) is 16.3. The second kappa shape index (κ2) is 8.53. The number of nitrogens with one attached hydrogen (secondary N) is 1. The lowest BCUT2D eigenvalue weighted by Crippen LogP contribution is -2.43. The van der Waals surface area contributed by atoms with Crippen LogP contribution in [0.1, 0.15) is 12.5 Å². The van der Waals surface area contributed by atoms with Crippen molar-refractivity contribution in [2.75, 3.05) is 13.2 Å². The van der Waals surface area contributed by atoms with E-state index < -0.39 is 24.1 Å². The van der Waals surface area contributed by atoms with Gasteiger partial charge < -0.3 is 19.5 Å². The van der Waals surface area contributed by atoms with E-state index in [-0.39, 0.29) is 12.4 Å². The van der Waals surface area contributed by atoms with Crippen molar-refractivity contribution in [1.29, 1.82) is 0 Å². The maximum absolute atomic E-state index is 12.9. The van der Waals surface area contributed by atoms with Crippen molar-refractivity contribution in [2.45, 2.75) is 25.6 Å². The lowest BCUT2D eigenvalue weighted by Gasteiger charge is -2.25. The van der Waals surface area contributed by atoms with Gasteiger partial charge in [-0.1, -0.05) is 24.3 Å². The van der Waals surface area contributed by atoms with Gasteiger partial charge in [-0.25, -0.2) is 9.18 Å². The molecule has 0 unspecified atom stereocenters. The topological polar surface area (TPSA) is 73.9 Å². The lowest BCUT2D eigenvalue weighted by molar-refractivity contribution is -0.163. The molecule has 0 saturated heterocycles. The average molecular weight is 373 g/mol. The minimum atomic E-state index is -0.966. The van der Waals surface area contributed by atoms with Crippen molar-refractivity contribution in [1.82, 2.24) is 5.32 Å². The Morgan fingerprint density at radius 3 is 2.63 bits per heavy atom. The molecule has 0 fully saturated rings. The van der Waals surface area contributed by atoms with E-state index in [4.69, 9.17) is 14.2 Å². The molecule has 0 spiro atoms. The maximum Gasteiger partial charge on any atom is 0.351 e. The first kappa shape index (κ1) is 18.7. The van der Waals surface area contributed by atoms with Crippen molar-refractivity contribution < 1.29 is 28.2 Å². The maximum atomic E-state index is 12.9. The molecule has 2 atom stereocenters. The summed E-state index contributed by atoms with van der Waals surface area (Å²) in [5.41, 5.74) is 0.896. The van der Waals surface area contributed by atoms with Crippen molar-refractivity contribution in [2.24, 2.45) is 0 Å². The van der Waals surface area contributed by atoms with Crippen LogP contribution in [0.25, 0.3) is 0 Å². The molecule has 1 heterocycles. The Morgan fingerprint density at radius 2 is 1.89 bits per heavy atom. The smallest absolute Gasteiger partial charge is 0.351 e. The van der Waals surface area contributed by atoms with Crippen molar-refractivity contribution in [3.05, 3.63) is 59.9 Å². The Hall–Kier alpha value is -3.09. The highest BCUT2D eigenvalue weighted by Gasteiger charge is 2.31. The molecule has 0 aliphatic carbocycles. The number of ether oxygens (including phenoxy) is 3. The summed E-state index contributed by atoms with van der Waals surface area (Å²) < 4.78 is 29.1. The number of esters is 1. The second-order valence-electron chi connectivity index (χ2n) is 6.11. The van der Waals surface area contributed by atoms with E-state index in [1.807, 2.05) is 0 Å². The van der Waals surface area contributed by atoms with Gasteiger partial charge in [0.15, 0.2) is 17.6 Å². The number of hydrogen-bond acceptors (Lipinski definition) is 5. The minimum Gasteiger partial charge on any atom is -0.485 e. The molecule has 142 valence electrons. The Morgan fingerprint density at radius 1 is 1.19 bits per heavy atom. The van der Waals surface area contributed by atoms with E-state index in [0.29, 0.717) is 24.5 Å². The Kier molecular flexibility index (Phi) is 5.90. The molecule has 2 aromatic rings. The molecule has 6 nitrogen and oxygen atoms in total. The van der Waals surface area contributed by atoms with Gasteiger partial charge in [0.05, 0.1) is 0 Å². The van der Waals surface area contributed by atoms with Gasteiger partial charge in [0, 0.05) is 6.54 Å². The van der Waals surface area contributed by atoms with E-state index in [1.54, 1.807) is 36.4 Å². The van der Waals surface area contributed by atoms with Crippen LogP contribution in [0.5, 0.6) is 11.5 Å². The minimum absolute atomic E-state index is 0.0226. The molecule has 0 radical (unpaired) electrons. The molecular weight excluding hydrogens is 353 g/mol. The molecule has 2 aromatic carbocycles. The van der Waals surface area contributed by atoms with Gasteiger partial charge in [0.2, 0.25) is 6.10 Å². The molecule has 1 N–H and O–H groups in total. The zero-order valence-corrected chi connectivity index (χ0v) is 14.8. The first-order chi connectivity index (χ1) is 13.0. The molecule has 0 saturated carbocycles. The monoisotopic (exact) mass is 373 g/mol. The lowest BCUT2D eigenvalue weighted by atomic mass is 10.1. The molecule has 0 bridgehead atoms. The van der Waals surface area contributed by atoms with Crippen LogP contribution in [-0.4, -0.2) is 37.2 Å². The molecular formula is C20H20FNO5. The molecule has 3 rings (SSSR count). The summed E-state index contributed by atoms with van der Waals surface area (Å²) in [6, 6.07) is 13.1. The second-order valence-corrected chi connectivity index (χ2v) is 6.11. The van der Waals surface area contributed by atoms with E-state index in [9.17, 15) is 14.0 Å². The standard InChI is InChI=1S/C20H20FNO5/c1-13(19(23)22-11-10-14-6-8-15(21)9-7-14)26-20(24)18-12-25-16-4-2-3-5-17(16)27-18/h2-9,13,18H,10-12H2,1H3,(H,22,23)/t13-,18+/m0/s1. The van der Waals surface area contributed by atoms with Crippen LogP contribution < -0.4 is 14.8 Å². The third-order valence-electron chi connectivity index (χ3n) is 4.06. The van der Waals surface area contributed by atoms with Crippen molar-refractivity contribution in [3.8, 4) is 11.5 Å². The van der Waals surface area contributed by atoms with Gasteiger partial charge in [0.1, 0.15) is 12.4 Å². The molecule has 1 aliphatic heterocycles. The Bertz CT molecular complexity index is 808. The predicted octanol–water partition coefficient (Wildman–Crippen LogP) is 2.26. The van der Waals surface area contributed by atoms with Crippen LogP contribution in [0.3, 0.4) is 0 Å². The fourth-order valence-corrected chi connectivity index (χ4v) is 2.56. The number of amides is 1. The van der Waals surface area contributed by atoms with Crippen LogP contribution in [0.2, 0.25) is 0 Å². The van der Waals surface area contributed by atoms with Gasteiger partial charge in [-0.2, -0.15) is 0 Å². The van der Waals surface area contributed by atoms with Gasteiger partial charge in [-0.05, 0) is 43.2 Å². The van der Waals surface area contributed by atoms with Crippen molar-refractivity contribution in [3.63, 3.8) is 0 Å². The molecule has 0 aromatic heterocycles. The number of rotatable bonds is 6. The van der Waals surface area contributed by atoms with E-state index in [0.717, 1.165) is 5.56 Å². The summed E-state index contributed by atoms with van der Waals surface area (Å²) >= 11 is 0. The number of halogens is 1. The van der Waals surface area contributed by atoms with Gasteiger partial charge in [-0.15, -0.1) is 0 Å². The van der Waals surface area contributed by atoms with Gasteiger partial charge >= 0.3 is 5.97 Å². The Labute approximate surface area is 156 Å². The predicted molar refractivity (Wildman–Crippen MR) is 95.0 cm³/mol. The summed E-state index contributed by atoms with van der Waals surface area (Å²) in [6.45, 7) is 1.86. The third-order valence-corrected chi connectivity index (χ3v) is 4.06. The van der Waals surface area contributed by atoms with E-state index >= 15 is 0 Å². The number of para-hydroxylation sites is 2.